The highest BCUT2D eigenvalue weighted by atomic mass is 16.5. The summed E-state index contributed by atoms with van der Waals surface area (Å²) >= 11 is 0. The van der Waals surface area contributed by atoms with Crippen molar-refractivity contribution in [2.45, 2.75) is 32.7 Å². The molecule has 5 nitrogen and oxygen atoms in total. The van der Waals surface area contributed by atoms with E-state index in [4.69, 9.17) is 9.84 Å². The number of pyridine rings is 1. The van der Waals surface area contributed by atoms with Crippen LogP contribution in [0, 0.1) is 11.8 Å². The molecule has 2 heterocycles. The first kappa shape index (κ1) is 15.8. The molecule has 0 spiro atoms. The largest absolute Gasteiger partial charge is 0.481 e. The Balaban J connectivity index is 1.96. The molecule has 1 aliphatic heterocycles. The van der Waals surface area contributed by atoms with Crippen LogP contribution in [0.1, 0.15) is 31.7 Å². The molecule has 21 heavy (non-hydrogen) atoms. The van der Waals surface area contributed by atoms with Gasteiger partial charge in [0.2, 0.25) is 5.88 Å². The monoisotopic (exact) mass is 292 g/mol. The van der Waals surface area contributed by atoms with Crippen molar-refractivity contribution in [3.05, 3.63) is 23.9 Å². The van der Waals surface area contributed by atoms with Crippen LogP contribution in [0.3, 0.4) is 0 Å². The van der Waals surface area contributed by atoms with E-state index in [1.807, 2.05) is 19.1 Å². The Labute approximate surface area is 125 Å². The van der Waals surface area contributed by atoms with Crippen LogP contribution in [-0.4, -0.2) is 41.2 Å². The molecule has 116 valence electrons. The summed E-state index contributed by atoms with van der Waals surface area (Å²) in [4.78, 5) is 17.5. The Kier molecular flexibility index (Phi) is 5.56. The molecule has 1 aromatic rings. The Bertz CT molecular complexity index is 478. The van der Waals surface area contributed by atoms with Crippen molar-refractivity contribution in [3.63, 3.8) is 0 Å². The number of likely N-dealkylation sites (tertiary alicyclic amines) is 1. The lowest BCUT2D eigenvalue weighted by Gasteiger charge is -2.35. The van der Waals surface area contributed by atoms with Gasteiger partial charge < -0.3 is 9.84 Å². The number of ether oxygens (including phenoxy) is 1. The third-order valence-corrected chi connectivity index (χ3v) is 4.28. The van der Waals surface area contributed by atoms with E-state index in [1.165, 1.54) is 0 Å². The lowest BCUT2D eigenvalue weighted by molar-refractivity contribution is -0.138. The van der Waals surface area contributed by atoms with Crippen molar-refractivity contribution in [3.8, 4) is 5.88 Å². The number of carboxylic acids is 1. The van der Waals surface area contributed by atoms with Crippen molar-refractivity contribution in [1.82, 2.24) is 9.88 Å². The minimum Gasteiger partial charge on any atom is -0.481 e. The molecular formula is C16H24N2O3. The van der Waals surface area contributed by atoms with Crippen LogP contribution in [0.25, 0.3) is 0 Å². The van der Waals surface area contributed by atoms with Crippen molar-refractivity contribution >= 4 is 5.97 Å². The summed E-state index contributed by atoms with van der Waals surface area (Å²) in [6.45, 7) is 4.86. The third-order valence-electron chi connectivity index (χ3n) is 4.28. The number of piperidine rings is 1. The molecule has 1 fully saturated rings. The van der Waals surface area contributed by atoms with Crippen molar-refractivity contribution < 1.29 is 14.6 Å². The summed E-state index contributed by atoms with van der Waals surface area (Å²) in [6.07, 6.45) is 4.23. The number of carbonyl (C=O) groups is 1. The SMILES string of the molecule is COc1ncccc1CN1CCCC(C(C)CC(=O)O)C1. The summed E-state index contributed by atoms with van der Waals surface area (Å²) in [5.74, 6) is 0.658. The molecule has 1 N–H and O–H groups in total. The number of carboxylic acid groups (broad SMARTS) is 1. The molecule has 5 heteroatoms. The van der Waals surface area contributed by atoms with E-state index < -0.39 is 5.97 Å². The topological polar surface area (TPSA) is 62.7 Å². The second kappa shape index (κ2) is 7.41. The lowest BCUT2D eigenvalue weighted by atomic mass is 9.84. The van der Waals surface area contributed by atoms with Gasteiger partial charge in [-0.25, -0.2) is 4.98 Å². The number of rotatable bonds is 6. The Morgan fingerprint density at radius 2 is 2.43 bits per heavy atom. The molecule has 0 radical (unpaired) electrons. The molecule has 1 aromatic heterocycles. The molecule has 2 rings (SSSR count). The summed E-state index contributed by atoms with van der Waals surface area (Å²) in [5.41, 5.74) is 1.09. The van der Waals surface area contributed by atoms with Gasteiger partial charge in [0.15, 0.2) is 0 Å². The zero-order chi connectivity index (χ0) is 15.2. The summed E-state index contributed by atoms with van der Waals surface area (Å²) < 4.78 is 5.30. The van der Waals surface area contributed by atoms with E-state index >= 15 is 0 Å². The second-order valence-corrected chi connectivity index (χ2v) is 5.88. The fraction of sp³-hybridized carbons (Fsp3) is 0.625. The van der Waals surface area contributed by atoms with Gasteiger partial charge in [-0.05, 0) is 37.3 Å². The molecular weight excluding hydrogens is 268 g/mol. The molecule has 0 aliphatic carbocycles. The van der Waals surface area contributed by atoms with Crippen LogP contribution in [0.2, 0.25) is 0 Å². The second-order valence-electron chi connectivity index (χ2n) is 5.88. The number of hydrogen-bond acceptors (Lipinski definition) is 4. The average molecular weight is 292 g/mol. The van der Waals surface area contributed by atoms with Gasteiger partial charge in [0, 0.05) is 31.3 Å². The minimum atomic E-state index is -0.700. The number of aromatic nitrogens is 1. The van der Waals surface area contributed by atoms with E-state index in [-0.39, 0.29) is 12.3 Å². The highest BCUT2D eigenvalue weighted by Crippen LogP contribution is 2.28. The third kappa shape index (κ3) is 4.43. The maximum atomic E-state index is 10.9. The first-order valence-corrected chi connectivity index (χ1v) is 7.52. The zero-order valence-corrected chi connectivity index (χ0v) is 12.8. The van der Waals surface area contributed by atoms with Gasteiger partial charge in [-0.1, -0.05) is 13.0 Å². The Morgan fingerprint density at radius 3 is 3.14 bits per heavy atom. The summed E-state index contributed by atoms with van der Waals surface area (Å²) in [7, 11) is 1.64. The van der Waals surface area contributed by atoms with Gasteiger partial charge in [0.1, 0.15) is 0 Å². The zero-order valence-electron chi connectivity index (χ0n) is 12.8. The highest BCUT2D eigenvalue weighted by Gasteiger charge is 2.26. The first-order chi connectivity index (χ1) is 10.1. The molecule has 0 amide bonds. The van der Waals surface area contributed by atoms with Crippen molar-refractivity contribution in [1.29, 1.82) is 0 Å². The quantitative estimate of drug-likeness (QED) is 0.872. The summed E-state index contributed by atoms with van der Waals surface area (Å²) in [6, 6.07) is 3.96. The van der Waals surface area contributed by atoms with Gasteiger partial charge in [0.05, 0.1) is 7.11 Å². The molecule has 1 saturated heterocycles. The molecule has 1 aliphatic rings. The van der Waals surface area contributed by atoms with E-state index in [0.29, 0.717) is 11.8 Å². The molecule has 0 saturated carbocycles. The maximum absolute atomic E-state index is 10.9. The Morgan fingerprint density at radius 1 is 1.62 bits per heavy atom. The number of aliphatic carboxylic acids is 1. The van der Waals surface area contributed by atoms with Gasteiger partial charge in [0.25, 0.3) is 0 Å². The van der Waals surface area contributed by atoms with Crippen LogP contribution < -0.4 is 4.74 Å². The van der Waals surface area contributed by atoms with Gasteiger partial charge in [-0.15, -0.1) is 0 Å². The first-order valence-electron chi connectivity index (χ1n) is 7.52. The standard InChI is InChI=1S/C16H24N2O3/c1-12(9-15(19)20)13-6-4-8-18(10-13)11-14-5-3-7-17-16(14)21-2/h3,5,7,12-13H,4,6,8-11H2,1-2H3,(H,19,20). The van der Waals surface area contributed by atoms with Gasteiger partial charge >= 0.3 is 5.97 Å². The van der Waals surface area contributed by atoms with Gasteiger partial charge in [-0.2, -0.15) is 0 Å². The number of methoxy groups -OCH3 is 1. The molecule has 2 unspecified atom stereocenters. The van der Waals surface area contributed by atoms with E-state index in [2.05, 4.69) is 9.88 Å². The van der Waals surface area contributed by atoms with Crippen LogP contribution in [0.4, 0.5) is 0 Å². The van der Waals surface area contributed by atoms with E-state index in [1.54, 1.807) is 13.3 Å². The van der Waals surface area contributed by atoms with E-state index in [0.717, 1.165) is 38.0 Å². The normalized spacial score (nSPS) is 21.0. The number of nitrogens with zero attached hydrogens (tertiary/aromatic N) is 2. The van der Waals surface area contributed by atoms with Crippen LogP contribution in [0.15, 0.2) is 18.3 Å². The van der Waals surface area contributed by atoms with E-state index in [9.17, 15) is 4.79 Å². The fourth-order valence-electron chi connectivity index (χ4n) is 3.11. The molecule has 2 atom stereocenters. The van der Waals surface area contributed by atoms with Crippen LogP contribution in [-0.2, 0) is 11.3 Å². The predicted octanol–water partition coefficient (Wildman–Crippen LogP) is 2.41. The van der Waals surface area contributed by atoms with Crippen LogP contribution >= 0.6 is 0 Å². The number of hydrogen-bond donors (Lipinski definition) is 1. The maximum Gasteiger partial charge on any atom is 0.303 e. The predicted molar refractivity (Wildman–Crippen MR) is 80.2 cm³/mol. The lowest BCUT2D eigenvalue weighted by Crippen LogP contribution is -2.38. The van der Waals surface area contributed by atoms with Gasteiger partial charge in [-0.3, -0.25) is 9.69 Å². The minimum absolute atomic E-state index is 0.223. The Hall–Kier alpha value is -1.62. The molecule has 0 aromatic carbocycles. The fourth-order valence-corrected chi connectivity index (χ4v) is 3.11. The van der Waals surface area contributed by atoms with Crippen LogP contribution in [0.5, 0.6) is 5.88 Å². The van der Waals surface area contributed by atoms with Crippen molar-refractivity contribution in [2.75, 3.05) is 20.2 Å². The molecule has 0 bridgehead atoms. The summed E-state index contributed by atoms with van der Waals surface area (Å²) in [5, 5.41) is 8.95. The smallest absolute Gasteiger partial charge is 0.303 e. The van der Waals surface area contributed by atoms with Crippen molar-refractivity contribution in [2.24, 2.45) is 11.8 Å². The average Bonchev–Trinajstić information content (AvgIpc) is 2.47. The highest BCUT2D eigenvalue weighted by molar-refractivity contribution is 5.67.